The van der Waals surface area contributed by atoms with E-state index in [1.807, 2.05) is 6.92 Å². The van der Waals surface area contributed by atoms with E-state index in [0.29, 0.717) is 28.9 Å². The van der Waals surface area contributed by atoms with Gasteiger partial charge >= 0.3 is 0 Å². The number of hydrogen-bond acceptors (Lipinski definition) is 3. The molecule has 3 atom stereocenters. The minimum atomic E-state index is -1.20. The zero-order valence-corrected chi connectivity index (χ0v) is 15.6. The lowest BCUT2D eigenvalue weighted by atomic mass is 10.0. The smallest absolute Gasteiger partial charge is 0.191 e. The maximum atomic E-state index is 14.1. The van der Waals surface area contributed by atoms with Crippen molar-refractivity contribution in [1.82, 2.24) is 10.6 Å². The molecule has 7 heteroatoms. The summed E-state index contributed by atoms with van der Waals surface area (Å²) < 4.78 is 19.3. The molecule has 1 aliphatic carbocycles. The summed E-state index contributed by atoms with van der Waals surface area (Å²) in [5.74, 6) is 0.756. The number of nitrogens with zero attached hydrogens (tertiary/aromatic N) is 1. The van der Waals surface area contributed by atoms with Gasteiger partial charge in [-0.2, -0.15) is 0 Å². The van der Waals surface area contributed by atoms with E-state index in [-0.39, 0.29) is 24.3 Å². The quantitative estimate of drug-likeness (QED) is 0.531. The fourth-order valence-corrected chi connectivity index (χ4v) is 3.23. The van der Waals surface area contributed by atoms with Crippen LogP contribution in [-0.2, 0) is 5.60 Å². The second kappa shape index (κ2) is 7.68. The molecule has 0 amide bonds. The molecule has 1 fully saturated rings. The summed E-state index contributed by atoms with van der Waals surface area (Å²) in [7, 11) is 0. The minimum absolute atomic E-state index is 0.0122. The molecule has 140 valence electrons. The first-order chi connectivity index (χ1) is 12.4. The average molecular weight is 380 g/mol. The molecule has 2 aromatic rings. The van der Waals surface area contributed by atoms with E-state index in [9.17, 15) is 9.50 Å². The predicted molar refractivity (Wildman–Crippen MR) is 99.9 cm³/mol. The molecule has 1 aromatic heterocycles. The number of furan rings is 1. The topological polar surface area (TPSA) is 69.8 Å². The van der Waals surface area contributed by atoms with E-state index in [1.54, 1.807) is 31.2 Å². The third kappa shape index (κ3) is 4.19. The second-order valence-electron chi connectivity index (χ2n) is 6.67. The van der Waals surface area contributed by atoms with Crippen molar-refractivity contribution < 1.29 is 13.9 Å². The van der Waals surface area contributed by atoms with Crippen LogP contribution in [0, 0.1) is 5.82 Å². The second-order valence-corrected chi connectivity index (χ2v) is 7.08. The maximum Gasteiger partial charge on any atom is 0.191 e. The highest BCUT2D eigenvalue weighted by Gasteiger charge is 2.42. The van der Waals surface area contributed by atoms with Gasteiger partial charge in [0, 0.05) is 29.1 Å². The zero-order valence-electron chi connectivity index (χ0n) is 14.8. The van der Waals surface area contributed by atoms with Crippen LogP contribution >= 0.6 is 11.6 Å². The van der Waals surface area contributed by atoms with Gasteiger partial charge in [0.25, 0.3) is 0 Å². The Labute approximate surface area is 157 Å². The summed E-state index contributed by atoms with van der Waals surface area (Å²) in [5.41, 5.74) is -0.658. The number of halogens is 2. The normalized spacial score (nSPS) is 22.0. The van der Waals surface area contributed by atoms with E-state index in [0.717, 1.165) is 6.42 Å². The molecule has 0 bridgehead atoms. The number of hydrogen-bond donors (Lipinski definition) is 3. The SMILES string of the molecule is CCNC(=NCC(C)(O)c1ccco1)NC1CC1c1c(F)cccc1Cl. The molecule has 0 spiro atoms. The maximum absolute atomic E-state index is 14.1. The Morgan fingerprint density at radius 2 is 2.23 bits per heavy atom. The molecule has 3 rings (SSSR count). The number of rotatable bonds is 6. The van der Waals surface area contributed by atoms with Crippen LogP contribution in [0.2, 0.25) is 5.02 Å². The summed E-state index contributed by atoms with van der Waals surface area (Å²) in [6.07, 6.45) is 2.30. The first kappa shape index (κ1) is 18.7. The van der Waals surface area contributed by atoms with Crippen LogP contribution < -0.4 is 10.6 Å². The van der Waals surface area contributed by atoms with Crippen LogP contribution in [0.3, 0.4) is 0 Å². The van der Waals surface area contributed by atoms with Gasteiger partial charge in [-0.25, -0.2) is 9.38 Å². The first-order valence-electron chi connectivity index (χ1n) is 8.67. The Balaban J connectivity index is 1.66. The molecule has 0 radical (unpaired) electrons. The highest BCUT2D eigenvalue weighted by molar-refractivity contribution is 6.31. The summed E-state index contributed by atoms with van der Waals surface area (Å²) in [6.45, 7) is 4.41. The van der Waals surface area contributed by atoms with Crippen LogP contribution in [-0.4, -0.2) is 30.2 Å². The Morgan fingerprint density at radius 1 is 1.42 bits per heavy atom. The van der Waals surface area contributed by atoms with Gasteiger partial charge in [-0.1, -0.05) is 17.7 Å². The molecule has 1 saturated carbocycles. The molecule has 0 saturated heterocycles. The van der Waals surface area contributed by atoms with Gasteiger partial charge in [0.1, 0.15) is 17.2 Å². The largest absolute Gasteiger partial charge is 0.466 e. The molecule has 0 aliphatic heterocycles. The molecule has 1 aromatic carbocycles. The first-order valence-corrected chi connectivity index (χ1v) is 9.05. The van der Waals surface area contributed by atoms with E-state index < -0.39 is 5.60 Å². The van der Waals surface area contributed by atoms with Crippen molar-refractivity contribution in [3.8, 4) is 0 Å². The van der Waals surface area contributed by atoms with E-state index in [1.165, 1.54) is 12.3 Å². The molecule has 1 aliphatic rings. The van der Waals surface area contributed by atoms with Crippen molar-refractivity contribution in [3.63, 3.8) is 0 Å². The Kier molecular flexibility index (Phi) is 5.53. The molecule has 1 heterocycles. The highest BCUT2D eigenvalue weighted by atomic mass is 35.5. The van der Waals surface area contributed by atoms with Gasteiger partial charge < -0.3 is 20.2 Å². The van der Waals surface area contributed by atoms with Crippen molar-refractivity contribution in [3.05, 3.63) is 58.8 Å². The fourth-order valence-electron chi connectivity index (χ4n) is 2.93. The van der Waals surface area contributed by atoms with Crippen molar-refractivity contribution in [2.24, 2.45) is 4.99 Å². The Bertz CT molecular complexity index is 757. The molecule has 5 nitrogen and oxygen atoms in total. The van der Waals surface area contributed by atoms with Gasteiger partial charge in [0.15, 0.2) is 5.96 Å². The van der Waals surface area contributed by atoms with Gasteiger partial charge in [-0.3, -0.25) is 0 Å². The standard InChI is InChI=1S/C19H23ClFN3O2/c1-3-22-18(23-11-19(2,25)16-8-5-9-26-16)24-15-10-12(15)17-13(20)6-4-7-14(17)21/h4-9,12,15,25H,3,10-11H2,1-2H3,(H2,22,23,24). The number of nitrogens with one attached hydrogen (secondary N) is 2. The summed E-state index contributed by atoms with van der Waals surface area (Å²) >= 11 is 6.15. The monoisotopic (exact) mass is 379 g/mol. The van der Waals surface area contributed by atoms with Crippen molar-refractivity contribution >= 4 is 17.6 Å². The zero-order chi connectivity index (χ0) is 18.7. The summed E-state index contributed by atoms with van der Waals surface area (Å²) in [6, 6.07) is 8.23. The van der Waals surface area contributed by atoms with E-state index in [2.05, 4.69) is 15.6 Å². The van der Waals surface area contributed by atoms with Gasteiger partial charge in [-0.15, -0.1) is 0 Å². The molecule has 3 N–H and O–H groups in total. The Morgan fingerprint density at radius 3 is 2.88 bits per heavy atom. The van der Waals surface area contributed by atoms with Crippen LogP contribution in [0.1, 0.15) is 37.5 Å². The highest BCUT2D eigenvalue weighted by Crippen LogP contribution is 2.44. The molecule has 26 heavy (non-hydrogen) atoms. The van der Waals surface area contributed by atoms with Crippen molar-refractivity contribution in [1.29, 1.82) is 0 Å². The number of aliphatic hydroxyl groups is 1. The van der Waals surface area contributed by atoms with Crippen LogP contribution in [0.4, 0.5) is 4.39 Å². The number of benzene rings is 1. The summed E-state index contributed by atoms with van der Waals surface area (Å²) in [5, 5.41) is 17.4. The molecular formula is C19H23ClFN3O2. The van der Waals surface area contributed by atoms with E-state index >= 15 is 0 Å². The van der Waals surface area contributed by atoms with Gasteiger partial charge in [0.05, 0.1) is 12.8 Å². The van der Waals surface area contributed by atoms with E-state index in [4.69, 9.17) is 16.0 Å². The third-order valence-electron chi connectivity index (χ3n) is 4.42. The molecule has 3 unspecified atom stereocenters. The van der Waals surface area contributed by atoms with Gasteiger partial charge in [0.2, 0.25) is 0 Å². The lowest BCUT2D eigenvalue weighted by Crippen LogP contribution is -2.40. The fraction of sp³-hybridized carbons (Fsp3) is 0.421. The number of guanidine groups is 1. The van der Waals surface area contributed by atoms with Gasteiger partial charge in [-0.05, 0) is 44.5 Å². The van der Waals surface area contributed by atoms with Crippen LogP contribution in [0.25, 0.3) is 0 Å². The van der Waals surface area contributed by atoms with Crippen molar-refractivity contribution in [2.75, 3.05) is 13.1 Å². The lowest BCUT2D eigenvalue weighted by Gasteiger charge is -2.19. The predicted octanol–water partition coefficient (Wildman–Crippen LogP) is 3.39. The van der Waals surface area contributed by atoms with Crippen LogP contribution in [0.15, 0.2) is 46.0 Å². The Hall–Kier alpha value is -2.05. The lowest BCUT2D eigenvalue weighted by molar-refractivity contribution is 0.0437. The van der Waals surface area contributed by atoms with Crippen LogP contribution in [0.5, 0.6) is 0 Å². The average Bonchev–Trinajstić information content (AvgIpc) is 3.10. The minimum Gasteiger partial charge on any atom is -0.466 e. The third-order valence-corrected chi connectivity index (χ3v) is 4.75. The number of aliphatic imine (C=N–C) groups is 1. The van der Waals surface area contributed by atoms with Crippen molar-refractivity contribution in [2.45, 2.75) is 37.8 Å². The summed E-state index contributed by atoms with van der Waals surface area (Å²) in [4.78, 5) is 4.45. The molecular weight excluding hydrogens is 357 g/mol.